The third kappa shape index (κ3) is 5.11. The van der Waals surface area contributed by atoms with Gasteiger partial charge in [0.05, 0.1) is 0 Å². The van der Waals surface area contributed by atoms with Crippen LogP contribution >= 0.6 is 0 Å². The van der Waals surface area contributed by atoms with Gasteiger partial charge in [-0.2, -0.15) is 0 Å². The Morgan fingerprint density at radius 2 is 0.778 bits per heavy atom. The number of nitrogens with zero attached hydrogens (tertiary/aromatic N) is 1. The minimum absolute atomic E-state index is 0.408. The maximum absolute atomic E-state index is 2.33. The fraction of sp³-hybridized carbons (Fsp3) is 0.143. The minimum Gasteiger partial charge on any atom is -0.311 e. The average Bonchev–Trinajstić information content (AvgIpc) is 2.94. The highest BCUT2D eigenvalue weighted by Crippen LogP contribution is 2.37. The summed E-state index contributed by atoms with van der Waals surface area (Å²) in [6.45, 7) is 6.79. The number of para-hydroxylation sites is 2. The first-order valence-corrected chi connectivity index (χ1v) is 12.8. The molecule has 0 amide bonds. The zero-order valence-electron chi connectivity index (χ0n) is 21.3. The Morgan fingerprint density at radius 1 is 0.417 bits per heavy atom. The van der Waals surface area contributed by atoms with Crippen molar-refractivity contribution >= 4 is 17.1 Å². The quantitative estimate of drug-likeness (QED) is 0.230. The lowest BCUT2D eigenvalue weighted by Gasteiger charge is -2.26. The first-order valence-electron chi connectivity index (χ1n) is 12.8. The van der Waals surface area contributed by atoms with Gasteiger partial charge in [0.25, 0.3) is 0 Å². The lowest BCUT2D eigenvalue weighted by molar-refractivity contribution is 0.624. The third-order valence-electron chi connectivity index (χ3n) is 7.28. The number of anilines is 3. The molecule has 5 rings (SSSR count). The summed E-state index contributed by atoms with van der Waals surface area (Å²) < 4.78 is 0. The highest BCUT2D eigenvalue weighted by molar-refractivity contribution is 5.76. The molecular formula is C35H33N. The lowest BCUT2D eigenvalue weighted by atomic mass is 9.83. The summed E-state index contributed by atoms with van der Waals surface area (Å²) in [6.07, 6.45) is 0. The van der Waals surface area contributed by atoms with E-state index in [9.17, 15) is 0 Å². The summed E-state index contributed by atoms with van der Waals surface area (Å²) in [5.74, 6) is 0.827. The molecule has 0 aliphatic carbocycles. The SMILES string of the molecule is Cc1ccc(-c2ccc(C(C)C(C)c3ccc(N(c4ccccc4)c4ccccc4)cc3)cc2)cc1. The molecule has 0 aliphatic heterocycles. The van der Waals surface area contributed by atoms with Crippen LogP contribution in [-0.4, -0.2) is 0 Å². The van der Waals surface area contributed by atoms with Crippen molar-refractivity contribution in [2.75, 3.05) is 4.90 Å². The maximum atomic E-state index is 2.33. The zero-order chi connectivity index (χ0) is 24.9. The molecule has 1 heteroatoms. The maximum Gasteiger partial charge on any atom is 0.0461 e. The van der Waals surface area contributed by atoms with E-state index in [-0.39, 0.29) is 0 Å². The molecule has 0 saturated carbocycles. The van der Waals surface area contributed by atoms with Gasteiger partial charge in [-0.15, -0.1) is 0 Å². The van der Waals surface area contributed by atoms with E-state index in [1.165, 1.54) is 33.5 Å². The molecule has 0 saturated heterocycles. The van der Waals surface area contributed by atoms with Gasteiger partial charge in [-0.1, -0.05) is 116 Å². The van der Waals surface area contributed by atoms with Gasteiger partial charge in [0, 0.05) is 17.1 Å². The molecule has 0 radical (unpaired) electrons. The van der Waals surface area contributed by atoms with Crippen LogP contribution in [0.2, 0.25) is 0 Å². The van der Waals surface area contributed by atoms with E-state index in [2.05, 4.69) is 159 Å². The predicted molar refractivity (Wildman–Crippen MR) is 155 cm³/mol. The van der Waals surface area contributed by atoms with E-state index in [1.54, 1.807) is 0 Å². The first kappa shape index (κ1) is 23.6. The Kier molecular flexibility index (Phi) is 7.00. The highest BCUT2D eigenvalue weighted by atomic mass is 15.1. The molecule has 0 N–H and O–H groups in total. The smallest absolute Gasteiger partial charge is 0.0461 e. The van der Waals surface area contributed by atoms with E-state index in [0.717, 1.165) is 11.4 Å². The molecule has 0 aliphatic rings. The standard InChI is InChI=1S/C35H33N/c1-26-14-16-31(17-15-26)32-20-18-29(19-21-32)27(2)28(3)30-22-24-35(25-23-30)36(33-10-6-4-7-11-33)34-12-8-5-9-13-34/h4-25,27-28H,1-3H3. The van der Waals surface area contributed by atoms with Gasteiger partial charge >= 0.3 is 0 Å². The monoisotopic (exact) mass is 467 g/mol. The molecule has 0 heterocycles. The second kappa shape index (κ2) is 10.7. The molecule has 5 aromatic carbocycles. The van der Waals surface area contributed by atoms with Crippen LogP contribution in [0.25, 0.3) is 11.1 Å². The zero-order valence-corrected chi connectivity index (χ0v) is 21.3. The van der Waals surface area contributed by atoms with Crippen LogP contribution in [0.15, 0.2) is 133 Å². The van der Waals surface area contributed by atoms with Gasteiger partial charge in [-0.3, -0.25) is 0 Å². The highest BCUT2D eigenvalue weighted by Gasteiger charge is 2.18. The number of hydrogen-bond acceptors (Lipinski definition) is 1. The van der Waals surface area contributed by atoms with E-state index in [4.69, 9.17) is 0 Å². The van der Waals surface area contributed by atoms with E-state index >= 15 is 0 Å². The number of rotatable bonds is 7. The molecule has 2 unspecified atom stereocenters. The fourth-order valence-corrected chi connectivity index (χ4v) is 4.83. The van der Waals surface area contributed by atoms with Gasteiger partial charge in [0.1, 0.15) is 0 Å². The van der Waals surface area contributed by atoms with Crippen LogP contribution in [0.4, 0.5) is 17.1 Å². The molecule has 178 valence electrons. The summed E-state index contributed by atoms with van der Waals surface area (Å²) in [4.78, 5) is 2.31. The third-order valence-corrected chi connectivity index (χ3v) is 7.28. The Morgan fingerprint density at radius 3 is 1.22 bits per heavy atom. The van der Waals surface area contributed by atoms with Crippen molar-refractivity contribution in [1.82, 2.24) is 0 Å². The van der Waals surface area contributed by atoms with Crippen LogP contribution in [0.1, 0.15) is 42.4 Å². The van der Waals surface area contributed by atoms with Crippen LogP contribution in [-0.2, 0) is 0 Å². The Balaban J connectivity index is 1.36. The van der Waals surface area contributed by atoms with Gasteiger partial charge < -0.3 is 4.90 Å². The Labute approximate surface area is 215 Å². The van der Waals surface area contributed by atoms with Crippen molar-refractivity contribution in [3.8, 4) is 11.1 Å². The Bertz CT molecular complexity index is 1330. The van der Waals surface area contributed by atoms with Crippen molar-refractivity contribution in [3.63, 3.8) is 0 Å². The summed E-state index contributed by atoms with van der Waals surface area (Å²) in [6, 6.07) is 48.0. The van der Waals surface area contributed by atoms with Crippen molar-refractivity contribution < 1.29 is 0 Å². The van der Waals surface area contributed by atoms with E-state index in [0.29, 0.717) is 11.8 Å². The predicted octanol–water partition coefficient (Wildman–Crippen LogP) is 10.0. The second-order valence-electron chi connectivity index (χ2n) is 9.66. The van der Waals surface area contributed by atoms with Gasteiger partial charge in [0.15, 0.2) is 0 Å². The van der Waals surface area contributed by atoms with Gasteiger partial charge in [-0.25, -0.2) is 0 Å². The van der Waals surface area contributed by atoms with Gasteiger partial charge in [0.2, 0.25) is 0 Å². The normalized spacial score (nSPS) is 12.6. The van der Waals surface area contributed by atoms with Crippen molar-refractivity contribution in [2.24, 2.45) is 0 Å². The van der Waals surface area contributed by atoms with Crippen LogP contribution in [0.3, 0.4) is 0 Å². The molecule has 0 aromatic heterocycles. The van der Waals surface area contributed by atoms with E-state index in [1.807, 2.05) is 0 Å². The minimum atomic E-state index is 0.408. The van der Waals surface area contributed by atoms with Crippen molar-refractivity contribution in [3.05, 3.63) is 150 Å². The Hall–Kier alpha value is -4.10. The number of aryl methyl sites for hydroxylation is 1. The molecule has 5 aromatic rings. The molecule has 36 heavy (non-hydrogen) atoms. The topological polar surface area (TPSA) is 3.24 Å². The van der Waals surface area contributed by atoms with E-state index < -0.39 is 0 Å². The van der Waals surface area contributed by atoms with Gasteiger partial charge in [-0.05, 0) is 77.4 Å². The van der Waals surface area contributed by atoms with Crippen molar-refractivity contribution in [2.45, 2.75) is 32.6 Å². The number of benzene rings is 5. The lowest BCUT2D eigenvalue weighted by Crippen LogP contribution is -2.10. The van der Waals surface area contributed by atoms with Crippen LogP contribution in [0, 0.1) is 6.92 Å². The summed E-state index contributed by atoms with van der Waals surface area (Å²) in [5.41, 5.74) is 10.0. The van der Waals surface area contributed by atoms with Crippen molar-refractivity contribution in [1.29, 1.82) is 0 Å². The second-order valence-corrected chi connectivity index (χ2v) is 9.66. The summed E-state index contributed by atoms with van der Waals surface area (Å²) in [5, 5.41) is 0. The molecule has 2 atom stereocenters. The summed E-state index contributed by atoms with van der Waals surface area (Å²) in [7, 11) is 0. The first-order chi connectivity index (χ1) is 17.6. The largest absolute Gasteiger partial charge is 0.311 e. The summed E-state index contributed by atoms with van der Waals surface area (Å²) >= 11 is 0. The molecular weight excluding hydrogens is 434 g/mol. The van der Waals surface area contributed by atoms with Crippen LogP contribution < -0.4 is 4.90 Å². The van der Waals surface area contributed by atoms with Crippen LogP contribution in [0.5, 0.6) is 0 Å². The molecule has 0 spiro atoms. The fourth-order valence-electron chi connectivity index (χ4n) is 4.83. The molecule has 0 fully saturated rings. The molecule has 0 bridgehead atoms. The average molecular weight is 468 g/mol. The number of hydrogen-bond donors (Lipinski definition) is 0. The molecule has 1 nitrogen and oxygen atoms in total.